The molecule has 1 aromatic carbocycles. The van der Waals surface area contributed by atoms with Gasteiger partial charge in [0, 0.05) is 22.8 Å². The molecule has 1 aromatic heterocycles. The molecule has 4 N–H and O–H groups in total. The highest BCUT2D eigenvalue weighted by Crippen LogP contribution is 2.11. The van der Waals surface area contributed by atoms with Gasteiger partial charge in [0.25, 0.3) is 0 Å². The number of amides is 3. The highest BCUT2D eigenvalue weighted by Gasteiger charge is 2.15. The Morgan fingerprint density at radius 2 is 1.70 bits per heavy atom. The van der Waals surface area contributed by atoms with Crippen molar-refractivity contribution in [1.29, 1.82) is 0 Å². The fraction of sp³-hybridized carbons (Fsp3) is 0. The molecule has 7 nitrogen and oxygen atoms in total. The minimum atomic E-state index is -0.827. The van der Waals surface area contributed by atoms with E-state index in [9.17, 15) is 14.4 Å². The van der Waals surface area contributed by atoms with Crippen molar-refractivity contribution in [3.05, 3.63) is 41.4 Å². The number of carbonyl (C=O) groups is 3. The minimum Gasteiger partial charge on any atom is -0.366 e. The molecule has 0 atom stereocenters. The van der Waals surface area contributed by atoms with Crippen LogP contribution in [0.4, 0.5) is 10.8 Å². The number of hydrogen-bond acceptors (Lipinski definition) is 5. The smallest absolute Gasteiger partial charge is 0.315 e. The summed E-state index contributed by atoms with van der Waals surface area (Å²) >= 11 is 1.21. The summed E-state index contributed by atoms with van der Waals surface area (Å²) < 4.78 is 0. The van der Waals surface area contributed by atoms with Crippen LogP contribution in [0.5, 0.6) is 0 Å². The third kappa shape index (κ3) is 3.39. The number of carbonyl (C=O) groups excluding carboxylic acids is 3. The van der Waals surface area contributed by atoms with E-state index in [2.05, 4.69) is 15.6 Å². The number of thiazole rings is 1. The lowest BCUT2D eigenvalue weighted by Crippen LogP contribution is -2.29. The van der Waals surface area contributed by atoms with Crippen molar-refractivity contribution < 1.29 is 14.4 Å². The molecule has 0 saturated carbocycles. The molecule has 0 fully saturated rings. The first-order valence-electron chi connectivity index (χ1n) is 5.48. The van der Waals surface area contributed by atoms with E-state index in [0.29, 0.717) is 16.4 Å². The van der Waals surface area contributed by atoms with Crippen LogP contribution in [0, 0.1) is 0 Å². The molecule has 102 valence electrons. The fourth-order valence-corrected chi connectivity index (χ4v) is 1.87. The Hall–Kier alpha value is -2.74. The van der Waals surface area contributed by atoms with Gasteiger partial charge in [0.2, 0.25) is 5.91 Å². The van der Waals surface area contributed by atoms with Gasteiger partial charge in [-0.3, -0.25) is 19.7 Å². The van der Waals surface area contributed by atoms with Crippen molar-refractivity contribution >= 4 is 39.9 Å². The Labute approximate surface area is 117 Å². The molecule has 0 saturated heterocycles. The molecule has 1 heterocycles. The lowest BCUT2D eigenvalue weighted by Gasteiger charge is -2.05. The van der Waals surface area contributed by atoms with E-state index in [4.69, 9.17) is 5.73 Å². The van der Waals surface area contributed by atoms with Crippen LogP contribution in [-0.4, -0.2) is 22.7 Å². The van der Waals surface area contributed by atoms with E-state index in [1.807, 2.05) is 0 Å². The zero-order chi connectivity index (χ0) is 14.5. The number of benzene rings is 1. The largest absolute Gasteiger partial charge is 0.366 e. The van der Waals surface area contributed by atoms with Gasteiger partial charge in [0.05, 0.1) is 0 Å². The summed E-state index contributed by atoms with van der Waals surface area (Å²) in [5.74, 6) is -2.21. The number of nitrogens with one attached hydrogen (secondary N) is 2. The normalized spacial score (nSPS) is 9.80. The van der Waals surface area contributed by atoms with Gasteiger partial charge in [-0.25, -0.2) is 4.98 Å². The van der Waals surface area contributed by atoms with E-state index in [-0.39, 0.29) is 0 Å². The Balaban J connectivity index is 1.97. The molecule has 3 amide bonds. The topological polar surface area (TPSA) is 114 Å². The number of primary amides is 1. The monoisotopic (exact) mass is 290 g/mol. The van der Waals surface area contributed by atoms with E-state index < -0.39 is 17.7 Å². The van der Waals surface area contributed by atoms with E-state index in [1.54, 1.807) is 5.38 Å². The zero-order valence-corrected chi connectivity index (χ0v) is 10.9. The average molecular weight is 290 g/mol. The first kappa shape index (κ1) is 13.7. The van der Waals surface area contributed by atoms with Crippen molar-refractivity contribution in [3.8, 4) is 0 Å². The molecule has 0 aliphatic rings. The predicted octanol–water partition coefficient (Wildman–Crippen LogP) is 0.819. The summed E-state index contributed by atoms with van der Waals surface area (Å²) in [5, 5.41) is 6.77. The minimum absolute atomic E-state index is 0.315. The number of aromatic nitrogens is 1. The van der Waals surface area contributed by atoms with Crippen LogP contribution in [0.3, 0.4) is 0 Å². The Bertz CT molecular complexity index is 637. The van der Waals surface area contributed by atoms with Crippen LogP contribution in [0.2, 0.25) is 0 Å². The molecular formula is C12H10N4O3S. The Morgan fingerprint density at radius 1 is 1.05 bits per heavy atom. The second-order valence-corrected chi connectivity index (χ2v) is 4.58. The number of hydrogen-bond donors (Lipinski definition) is 3. The van der Waals surface area contributed by atoms with Gasteiger partial charge in [0.15, 0.2) is 5.13 Å². The SMILES string of the molecule is NC(=O)c1ccc(NC(=O)C(=O)Nc2nccs2)cc1. The van der Waals surface area contributed by atoms with Crippen LogP contribution in [0.25, 0.3) is 0 Å². The second kappa shape index (κ2) is 5.93. The van der Waals surface area contributed by atoms with E-state index >= 15 is 0 Å². The maximum Gasteiger partial charge on any atom is 0.315 e. The zero-order valence-electron chi connectivity index (χ0n) is 10.1. The van der Waals surface area contributed by atoms with Crippen LogP contribution in [-0.2, 0) is 9.59 Å². The standard InChI is InChI=1S/C12H10N4O3S/c13-9(17)7-1-3-8(4-2-7)15-10(18)11(19)16-12-14-5-6-20-12/h1-6H,(H2,13,17)(H,15,18)(H,14,16,19). The summed E-state index contributed by atoms with van der Waals surface area (Å²) in [5.41, 5.74) is 5.79. The molecule has 8 heteroatoms. The van der Waals surface area contributed by atoms with Gasteiger partial charge in [-0.05, 0) is 24.3 Å². The van der Waals surface area contributed by atoms with Crippen molar-refractivity contribution in [1.82, 2.24) is 4.98 Å². The highest BCUT2D eigenvalue weighted by atomic mass is 32.1. The molecule has 0 bridgehead atoms. The summed E-state index contributed by atoms with van der Waals surface area (Å²) in [6.45, 7) is 0. The van der Waals surface area contributed by atoms with Gasteiger partial charge in [-0.2, -0.15) is 0 Å². The maximum absolute atomic E-state index is 11.6. The Kier molecular flexibility index (Phi) is 4.06. The van der Waals surface area contributed by atoms with E-state index in [1.165, 1.54) is 41.8 Å². The van der Waals surface area contributed by atoms with Crippen LogP contribution in [0.15, 0.2) is 35.8 Å². The predicted molar refractivity (Wildman–Crippen MR) is 74.3 cm³/mol. The van der Waals surface area contributed by atoms with Gasteiger partial charge < -0.3 is 11.1 Å². The summed E-state index contributed by atoms with van der Waals surface area (Å²) in [4.78, 5) is 37.9. The highest BCUT2D eigenvalue weighted by molar-refractivity contribution is 7.13. The molecule has 0 radical (unpaired) electrons. The Morgan fingerprint density at radius 3 is 2.25 bits per heavy atom. The summed E-state index contributed by atoms with van der Waals surface area (Å²) in [6, 6.07) is 5.87. The van der Waals surface area contributed by atoms with Crippen LogP contribution < -0.4 is 16.4 Å². The maximum atomic E-state index is 11.6. The lowest BCUT2D eigenvalue weighted by molar-refractivity contribution is -0.132. The first-order valence-corrected chi connectivity index (χ1v) is 6.36. The van der Waals surface area contributed by atoms with Gasteiger partial charge in [-0.1, -0.05) is 0 Å². The third-order valence-electron chi connectivity index (χ3n) is 2.29. The summed E-state index contributed by atoms with van der Waals surface area (Å²) in [6.07, 6.45) is 1.51. The van der Waals surface area contributed by atoms with Crippen molar-refractivity contribution in [3.63, 3.8) is 0 Å². The van der Waals surface area contributed by atoms with Crippen molar-refractivity contribution in [2.75, 3.05) is 10.6 Å². The third-order valence-corrected chi connectivity index (χ3v) is 2.97. The number of nitrogens with zero attached hydrogens (tertiary/aromatic N) is 1. The molecule has 20 heavy (non-hydrogen) atoms. The molecule has 0 aliphatic carbocycles. The van der Waals surface area contributed by atoms with Crippen molar-refractivity contribution in [2.24, 2.45) is 5.73 Å². The molecule has 2 rings (SSSR count). The van der Waals surface area contributed by atoms with Gasteiger partial charge in [0.1, 0.15) is 0 Å². The van der Waals surface area contributed by atoms with Crippen molar-refractivity contribution in [2.45, 2.75) is 0 Å². The fourth-order valence-electron chi connectivity index (χ4n) is 1.34. The second-order valence-electron chi connectivity index (χ2n) is 3.69. The molecule has 0 aliphatic heterocycles. The van der Waals surface area contributed by atoms with Gasteiger partial charge >= 0.3 is 11.8 Å². The molecule has 2 aromatic rings. The molecule has 0 spiro atoms. The van der Waals surface area contributed by atoms with Crippen LogP contribution in [0.1, 0.15) is 10.4 Å². The summed E-state index contributed by atoms with van der Waals surface area (Å²) in [7, 11) is 0. The number of anilines is 2. The molecule has 0 unspecified atom stereocenters. The number of nitrogens with two attached hydrogens (primary N) is 1. The van der Waals surface area contributed by atoms with E-state index in [0.717, 1.165) is 0 Å². The quantitative estimate of drug-likeness (QED) is 0.726. The molecular weight excluding hydrogens is 280 g/mol. The number of rotatable bonds is 3. The van der Waals surface area contributed by atoms with Crippen LogP contribution >= 0.6 is 11.3 Å². The van der Waals surface area contributed by atoms with Gasteiger partial charge in [-0.15, -0.1) is 11.3 Å². The lowest BCUT2D eigenvalue weighted by atomic mass is 10.2. The average Bonchev–Trinajstić information content (AvgIpc) is 2.92. The first-order chi connectivity index (χ1) is 9.56.